The Kier molecular flexibility index (Phi) is 3.86. The van der Waals surface area contributed by atoms with Crippen LogP contribution in [0, 0.1) is 0 Å². The Bertz CT molecular complexity index is 162. The van der Waals surface area contributed by atoms with Crippen LogP contribution in [0.5, 0.6) is 0 Å². The highest BCUT2D eigenvalue weighted by molar-refractivity contribution is 14.1. The van der Waals surface area contributed by atoms with Crippen molar-refractivity contribution >= 4 is 29.7 Å². The normalized spacial score (nSPS) is 25.3. The zero-order valence-electron chi connectivity index (χ0n) is 6.92. The van der Waals surface area contributed by atoms with Crippen LogP contribution in [0.4, 0.5) is 0 Å². The summed E-state index contributed by atoms with van der Waals surface area (Å²) >= 11 is 2.39. The van der Waals surface area contributed by atoms with Crippen molar-refractivity contribution in [1.82, 2.24) is 4.90 Å². The van der Waals surface area contributed by atoms with Gasteiger partial charge in [0.1, 0.15) is 0 Å². The van der Waals surface area contributed by atoms with Crippen molar-refractivity contribution in [2.75, 3.05) is 43.1 Å². The Labute approximate surface area is 82.2 Å². The molecule has 1 aliphatic rings. The van der Waals surface area contributed by atoms with Crippen LogP contribution in [0.2, 0.25) is 0 Å². The van der Waals surface area contributed by atoms with Gasteiger partial charge in [0.2, 0.25) is 0 Å². The molecule has 0 unspecified atom stereocenters. The van der Waals surface area contributed by atoms with Gasteiger partial charge in [-0.15, -0.1) is 0 Å². The molecule has 4 heteroatoms. The minimum absolute atomic E-state index is 0.934. The first kappa shape index (κ1) is 10.0. The molecule has 1 heterocycles. The molecule has 0 aromatic carbocycles. The fraction of sp³-hybridized carbons (Fsp3) is 1.00. The van der Waals surface area contributed by atoms with Gasteiger partial charge in [-0.3, -0.25) is 0 Å². The zero-order chi connectivity index (χ0) is 8.32. The Morgan fingerprint density at radius 3 is 2.45 bits per heavy atom. The van der Waals surface area contributed by atoms with Crippen molar-refractivity contribution in [1.29, 1.82) is 0 Å². The lowest BCUT2D eigenvalue weighted by molar-refractivity contribution is 0.316. The third-order valence-electron chi connectivity index (χ3n) is 2.18. The maximum absolute atomic E-state index is 11.6. The van der Waals surface area contributed by atoms with E-state index in [1.165, 1.54) is 11.0 Å². The lowest BCUT2D eigenvalue weighted by Gasteiger charge is -2.29. The second kappa shape index (κ2) is 4.24. The maximum atomic E-state index is 11.6. The molecule has 0 saturated carbocycles. The van der Waals surface area contributed by atoms with E-state index >= 15 is 0 Å². The van der Waals surface area contributed by atoms with Gasteiger partial charge in [-0.1, -0.05) is 22.6 Å². The number of nitrogens with zero attached hydrogens (tertiary/aromatic N) is 1. The molecule has 1 aliphatic heterocycles. The van der Waals surface area contributed by atoms with Gasteiger partial charge in [-0.25, -0.2) is 0 Å². The molecule has 1 rings (SSSR count). The second-order valence-corrected chi connectivity index (χ2v) is 7.84. The predicted octanol–water partition coefficient (Wildman–Crippen LogP) is 1.73. The first-order chi connectivity index (χ1) is 5.14. The molecule has 0 atom stereocenters. The Morgan fingerprint density at radius 2 is 2.00 bits per heavy atom. The van der Waals surface area contributed by atoms with Crippen molar-refractivity contribution in [3.05, 3.63) is 0 Å². The van der Waals surface area contributed by atoms with Crippen LogP contribution in [0.15, 0.2) is 0 Å². The van der Waals surface area contributed by atoms with Gasteiger partial charge in [0.15, 0.2) is 0 Å². The van der Waals surface area contributed by atoms with Crippen LogP contribution in [0.3, 0.4) is 0 Å². The van der Waals surface area contributed by atoms with E-state index in [-0.39, 0.29) is 0 Å². The van der Waals surface area contributed by atoms with E-state index in [2.05, 4.69) is 27.5 Å². The summed E-state index contributed by atoms with van der Waals surface area (Å²) in [6.45, 7) is 5.21. The van der Waals surface area contributed by atoms with Crippen LogP contribution in [-0.2, 0) is 4.57 Å². The molecule has 0 amide bonds. The summed E-state index contributed by atoms with van der Waals surface area (Å²) in [5.41, 5.74) is 0. The van der Waals surface area contributed by atoms with Gasteiger partial charge < -0.3 is 9.46 Å². The van der Waals surface area contributed by atoms with Gasteiger partial charge in [0.25, 0.3) is 0 Å². The van der Waals surface area contributed by atoms with E-state index in [0.29, 0.717) is 0 Å². The molecule has 11 heavy (non-hydrogen) atoms. The monoisotopic (exact) mass is 287 g/mol. The molecule has 66 valence electrons. The van der Waals surface area contributed by atoms with Crippen LogP contribution < -0.4 is 0 Å². The fourth-order valence-electron chi connectivity index (χ4n) is 1.27. The molecular formula is C7H15INOP. The summed E-state index contributed by atoms with van der Waals surface area (Å²) in [5, 5.41) is 0. The molecule has 2 nitrogen and oxygen atoms in total. The Hall–Kier alpha value is 0.920. The first-order valence-electron chi connectivity index (χ1n) is 3.98. The second-order valence-electron chi connectivity index (χ2n) is 3.27. The number of hydrogen-bond donors (Lipinski definition) is 0. The molecule has 1 fully saturated rings. The van der Waals surface area contributed by atoms with Gasteiger partial charge >= 0.3 is 0 Å². The summed E-state index contributed by atoms with van der Waals surface area (Å²) in [6, 6.07) is 0. The number of alkyl halides is 1. The standard InChI is InChI=1S/C7H15INOP/c1-11(10)6-4-9(3-2-8)5-7-11/h2-7H2,1H3. The lowest BCUT2D eigenvalue weighted by atomic mass is 10.5. The average molecular weight is 287 g/mol. The van der Waals surface area contributed by atoms with Gasteiger partial charge in [0, 0.05) is 36.4 Å². The predicted molar refractivity (Wildman–Crippen MR) is 58.6 cm³/mol. The summed E-state index contributed by atoms with van der Waals surface area (Å²) in [6.07, 6.45) is 1.87. The molecule has 0 aliphatic carbocycles. The summed E-state index contributed by atoms with van der Waals surface area (Å²) < 4.78 is 12.7. The summed E-state index contributed by atoms with van der Waals surface area (Å²) in [4.78, 5) is 2.41. The van der Waals surface area contributed by atoms with E-state index in [4.69, 9.17) is 0 Å². The average Bonchev–Trinajstić information content (AvgIpc) is 1.94. The van der Waals surface area contributed by atoms with Crippen molar-refractivity contribution in [3.8, 4) is 0 Å². The summed E-state index contributed by atoms with van der Waals surface area (Å²) in [7, 11) is -1.69. The Morgan fingerprint density at radius 1 is 1.45 bits per heavy atom. The van der Waals surface area contributed by atoms with Crippen LogP contribution in [0.1, 0.15) is 0 Å². The largest absolute Gasteiger partial charge is 0.324 e. The van der Waals surface area contributed by atoms with E-state index in [1.807, 2.05) is 6.66 Å². The van der Waals surface area contributed by atoms with E-state index in [1.54, 1.807) is 0 Å². The van der Waals surface area contributed by atoms with E-state index in [0.717, 1.165) is 25.4 Å². The molecule has 1 saturated heterocycles. The smallest absolute Gasteiger partial charge is 0.0873 e. The molecule has 0 N–H and O–H groups in total. The zero-order valence-corrected chi connectivity index (χ0v) is 9.98. The molecule has 0 spiro atoms. The molecule has 0 radical (unpaired) electrons. The Balaban J connectivity index is 2.30. The first-order valence-corrected chi connectivity index (χ1v) is 8.03. The van der Waals surface area contributed by atoms with Gasteiger partial charge in [-0.05, 0) is 6.66 Å². The van der Waals surface area contributed by atoms with E-state index in [9.17, 15) is 4.57 Å². The van der Waals surface area contributed by atoms with Crippen LogP contribution in [0.25, 0.3) is 0 Å². The third-order valence-corrected chi connectivity index (χ3v) is 4.95. The molecule has 0 aromatic heterocycles. The van der Waals surface area contributed by atoms with Crippen molar-refractivity contribution in [2.45, 2.75) is 0 Å². The molecular weight excluding hydrogens is 272 g/mol. The quantitative estimate of drug-likeness (QED) is 0.438. The number of rotatable bonds is 2. The van der Waals surface area contributed by atoms with E-state index < -0.39 is 7.14 Å². The minimum Gasteiger partial charge on any atom is -0.324 e. The topological polar surface area (TPSA) is 20.3 Å². The third kappa shape index (κ3) is 3.43. The minimum atomic E-state index is -1.69. The molecule has 0 bridgehead atoms. The number of halogens is 1. The van der Waals surface area contributed by atoms with Gasteiger partial charge in [-0.2, -0.15) is 0 Å². The highest BCUT2D eigenvalue weighted by atomic mass is 127. The SMILES string of the molecule is CP1(=O)CCN(CCI)CC1. The van der Waals surface area contributed by atoms with Crippen molar-refractivity contribution < 1.29 is 4.57 Å². The fourth-order valence-corrected chi connectivity index (χ4v) is 3.59. The number of hydrogen-bond acceptors (Lipinski definition) is 2. The highest BCUT2D eigenvalue weighted by Gasteiger charge is 2.22. The van der Waals surface area contributed by atoms with Crippen LogP contribution >= 0.6 is 29.7 Å². The lowest BCUT2D eigenvalue weighted by Crippen LogP contribution is -2.35. The van der Waals surface area contributed by atoms with Gasteiger partial charge in [0.05, 0.1) is 7.14 Å². The van der Waals surface area contributed by atoms with Crippen LogP contribution in [-0.4, -0.2) is 48.0 Å². The highest BCUT2D eigenvalue weighted by Crippen LogP contribution is 2.42. The summed E-state index contributed by atoms with van der Waals surface area (Å²) in [5.74, 6) is 0. The van der Waals surface area contributed by atoms with Crippen molar-refractivity contribution in [2.24, 2.45) is 0 Å². The van der Waals surface area contributed by atoms with Crippen molar-refractivity contribution in [3.63, 3.8) is 0 Å². The molecule has 0 aromatic rings. The maximum Gasteiger partial charge on any atom is 0.0873 e.